The van der Waals surface area contributed by atoms with Crippen molar-refractivity contribution in [2.45, 2.75) is 24.7 Å². The second-order valence-electron chi connectivity index (χ2n) is 4.95. The minimum Gasteiger partial charge on any atom is -0.493 e. The van der Waals surface area contributed by atoms with Crippen LogP contribution in [0.1, 0.15) is 19.8 Å². The highest BCUT2D eigenvalue weighted by Crippen LogP contribution is 2.16. The van der Waals surface area contributed by atoms with Gasteiger partial charge in [0, 0.05) is 12.3 Å². The van der Waals surface area contributed by atoms with Gasteiger partial charge in [0.15, 0.2) is 9.84 Å². The molecule has 0 atom stereocenters. The predicted octanol–water partition coefficient (Wildman–Crippen LogP) is 0.517. The number of nitrogens with two attached hydrogens (primary N) is 1. The Kier molecular flexibility index (Phi) is 7.97. The van der Waals surface area contributed by atoms with Gasteiger partial charge in [0.05, 0.1) is 10.6 Å². The molecule has 0 saturated heterocycles. The molecule has 0 aromatic heterocycles. The predicted molar refractivity (Wildman–Crippen MR) is 89.7 cm³/mol. The van der Waals surface area contributed by atoms with Crippen LogP contribution in [0.25, 0.3) is 0 Å². The monoisotopic (exact) mass is 364 g/mol. The first kappa shape index (κ1) is 19.9. The molecule has 0 aliphatic heterocycles. The molecule has 0 heterocycles. The molecular formula is C14H24N2O5S2. The number of rotatable bonds is 11. The first-order chi connectivity index (χ1) is 10.8. The first-order valence-electron chi connectivity index (χ1n) is 7.44. The van der Waals surface area contributed by atoms with E-state index in [1.54, 1.807) is 6.92 Å². The van der Waals surface area contributed by atoms with Crippen molar-refractivity contribution >= 4 is 19.9 Å². The van der Waals surface area contributed by atoms with E-state index in [1.165, 1.54) is 24.3 Å². The molecule has 132 valence electrons. The molecule has 0 amide bonds. The van der Waals surface area contributed by atoms with Gasteiger partial charge in [-0.05, 0) is 43.7 Å². The van der Waals surface area contributed by atoms with Crippen LogP contribution in [0.3, 0.4) is 0 Å². The maximum Gasteiger partial charge on any atom is 0.240 e. The SMILES string of the molecule is CCS(=O)(=O)CCOc1ccc(S(=O)(=O)NCCCCN)cc1. The van der Waals surface area contributed by atoms with Gasteiger partial charge in [-0.25, -0.2) is 21.6 Å². The summed E-state index contributed by atoms with van der Waals surface area (Å²) in [4.78, 5) is 0.138. The van der Waals surface area contributed by atoms with Crippen molar-refractivity contribution < 1.29 is 21.6 Å². The Morgan fingerprint density at radius 2 is 1.74 bits per heavy atom. The van der Waals surface area contributed by atoms with Gasteiger partial charge in [0.2, 0.25) is 10.0 Å². The molecule has 0 fully saturated rings. The van der Waals surface area contributed by atoms with Crippen LogP contribution in [-0.4, -0.2) is 48.0 Å². The molecule has 0 spiro atoms. The molecule has 0 aliphatic carbocycles. The van der Waals surface area contributed by atoms with E-state index in [1.807, 2.05) is 0 Å². The fourth-order valence-electron chi connectivity index (χ4n) is 1.71. The summed E-state index contributed by atoms with van der Waals surface area (Å²) in [6, 6.07) is 5.86. The number of benzene rings is 1. The van der Waals surface area contributed by atoms with Crippen LogP contribution in [0.5, 0.6) is 5.75 Å². The summed E-state index contributed by atoms with van der Waals surface area (Å²) < 4.78 is 54.6. The molecule has 0 saturated carbocycles. The standard InChI is InChI=1S/C14H24N2O5S2/c1-2-22(17,18)12-11-21-13-5-7-14(8-6-13)23(19,20)16-10-4-3-9-15/h5-8,16H,2-4,9-12,15H2,1H3. The third-order valence-corrected chi connectivity index (χ3v) is 6.31. The summed E-state index contributed by atoms with van der Waals surface area (Å²) in [6.07, 6.45) is 1.44. The van der Waals surface area contributed by atoms with Crippen molar-refractivity contribution in [2.24, 2.45) is 5.73 Å². The van der Waals surface area contributed by atoms with Crippen molar-refractivity contribution in [3.05, 3.63) is 24.3 Å². The number of sulfone groups is 1. The Balaban J connectivity index is 2.55. The number of unbranched alkanes of at least 4 members (excludes halogenated alkanes) is 1. The third kappa shape index (κ3) is 7.30. The lowest BCUT2D eigenvalue weighted by molar-refractivity contribution is 0.340. The number of nitrogens with one attached hydrogen (secondary N) is 1. The maximum atomic E-state index is 12.0. The summed E-state index contributed by atoms with van der Waals surface area (Å²) in [7, 11) is -6.62. The average Bonchev–Trinajstić information content (AvgIpc) is 2.52. The minimum absolute atomic E-state index is 0.0413. The van der Waals surface area contributed by atoms with E-state index in [-0.39, 0.29) is 23.0 Å². The van der Waals surface area contributed by atoms with Crippen LogP contribution in [0, 0.1) is 0 Å². The molecule has 1 aromatic carbocycles. The van der Waals surface area contributed by atoms with Crippen LogP contribution in [0.4, 0.5) is 0 Å². The number of ether oxygens (including phenoxy) is 1. The van der Waals surface area contributed by atoms with Crippen molar-refractivity contribution in [2.75, 3.05) is 31.2 Å². The quantitative estimate of drug-likeness (QED) is 0.553. The zero-order valence-electron chi connectivity index (χ0n) is 13.2. The molecule has 9 heteroatoms. The van der Waals surface area contributed by atoms with Crippen LogP contribution >= 0.6 is 0 Å². The Labute approximate surface area is 138 Å². The molecule has 0 bridgehead atoms. The number of hydrogen-bond donors (Lipinski definition) is 2. The van der Waals surface area contributed by atoms with Gasteiger partial charge in [-0.1, -0.05) is 6.92 Å². The van der Waals surface area contributed by atoms with Crippen molar-refractivity contribution in [1.82, 2.24) is 4.72 Å². The van der Waals surface area contributed by atoms with E-state index < -0.39 is 19.9 Å². The number of hydrogen-bond acceptors (Lipinski definition) is 6. The van der Waals surface area contributed by atoms with Gasteiger partial charge >= 0.3 is 0 Å². The summed E-state index contributed by atoms with van der Waals surface area (Å²) in [5, 5.41) is 0. The van der Waals surface area contributed by atoms with Crippen LogP contribution in [0.2, 0.25) is 0 Å². The van der Waals surface area contributed by atoms with E-state index in [0.29, 0.717) is 25.3 Å². The molecule has 0 unspecified atom stereocenters. The average molecular weight is 364 g/mol. The smallest absolute Gasteiger partial charge is 0.240 e. The molecule has 0 aliphatic rings. The molecule has 1 aromatic rings. The Morgan fingerprint density at radius 3 is 2.30 bits per heavy atom. The zero-order chi connectivity index (χ0) is 17.3. The van der Waals surface area contributed by atoms with Gasteiger partial charge in [-0.3, -0.25) is 0 Å². The fourth-order valence-corrected chi connectivity index (χ4v) is 3.41. The maximum absolute atomic E-state index is 12.0. The third-order valence-electron chi connectivity index (χ3n) is 3.16. The molecular weight excluding hydrogens is 340 g/mol. The second kappa shape index (κ2) is 9.21. The first-order valence-corrected chi connectivity index (χ1v) is 10.7. The summed E-state index contributed by atoms with van der Waals surface area (Å²) in [6.45, 7) is 2.49. The van der Waals surface area contributed by atoms with Gasteiger partial charge in [-0.15, -0.1) is 0 Å². The zero-order valence-corrected chi connectivity index (χ0v) is 14.8. The Morgan fingerprint density at radius 1 is 1.09 bits per heavy atom. The summed E-state index contributed by atoms with van der Waals surface area (Å²) in [5.74, 6) is 0.439. The lowest BCUT2D eigenvalue weighted by Crippen LogP contribution is -2.25. The van der Waals surface area contributed by atoms with E-state index >= 15 is 0 Å². The fraction of sp³-hybridized carbons (Fsp3) is 0.571. The van der Waals surface area contributed by atoms with Crippen molar-refractivity contribution in [1.29, 1.82) is 0 Å². The topological polar surface area (TPSA) is 116 Å². The minimum atomic E-state index is -3.55. The Hall–Kier alpha value is -1.16. The van der Waals surface area contributed by atoms with Crippen LogP contribution in [0.15, 0.2) is 29.2 Å². The normalized spacial score (nSPS) is 12.3. The lowest BCUT2D eigenvalue weighted by Gasteiger charge is -2.09. The Bertz CT molecular complexity index is 670. The molecule has 0 radical (unpaired) electrons. The van der Waals surface area contributed by atoms with E-state index in [9.17, 15) is 16.8 Å². The lowest BCUT2D eigenvalue weighted by atomic mass is 10.3. The van der Waals surface area contributed by atoms with Crippen molar-refractivity contribution in [3.63, 3.8) is 0 Å². The van der Waals surface area contributed by atoms with Gasteiger partial charge in [0.1, 0.15) is 12.4 Å². The van der Waals surface area contributed by atoms with Crippen molar-refractivity contribution in [3.8, 4) is 5.75 Å². The molecule has 7 nitrogen and oxygen atoms in total. The van der Waals surface area contributed by atoms with E-state index in [0.717, 1.165) is 6.42 Å². The summed E-state index contributed by atoms with van der Waals surface area (Å²) in [5.41, 5.74) is 5.35. The summed E-state index contributed by atoms with van der Waals surface area (Å²) >= 11 is 0. The molecule has 1 rings (SSSR count). The highest BCUT2D eigenvalue weighted by atomic mass is 32.2. The largest absolute Gasteiger partial charge is 0.493 e. The van der Waals surface area contributed by atoms with Gasteiger partial charge < -0.3 is 10.5 Å². The van der Waals surface area contributed by atoms with Crippen LogP contribution < -0.4 is 15.2 Å². The highest BCUT2D eigenvalue weighted by molar-refractivity contribution is 7.91. The van der Waals surface area contributed by atoms with E-state index in [2.05, 4.69) is 4.72 Å². The number of sulfonamides is 1. The second-order valence-corrected chi connectivity index (χ2v) is 9.19. The van der Waals surface area contributed by atoms with Gasteiger partial charge in [0.25, 0.3) is 0 Å². The van der Waals surface area contributed by atoms with Crippen LogP contribution in [-0.2, 0) is 19.9 Å². The van der Waals surface area contributed by atoms with E-state index in [4.69, 9.17) is 10.5 Å². The molecule has 3 N–H and O–H groups in total. The molecule has 23 heavy (non-hydrogen) atoms. The highest BCUT2D eigenvalue weighted by Gasteiger charge is 2.13. The van der Waals surface area contributed by atoms with Gasteiger partial charge in [-0.2, -0.15) is 0 Å².